The van der Waals surface area contributed by atoms with Crippen molar-refractivity contribution < 1.29 is 9.18 Å². The Bertz CT molecular complexity index is 423. The van der Waals surface area contributed by atoms with Crippen LogP contribution in [0, 0.1) is 5.82 Å². The van der Waals surface area contributed by atoms with Crippen LogP contribution in [0.3, 0.4) is 0 Å². The maximum absolute atomic E-state index is 12.9. The van der Waals surface area contributed by atoms with Crippen molar-refractivity contribution in [3.63, 3.8) is 0 Å². The van der Waals surface area contributed by atoms with E-state index >= 15 is 0 Å². The highest BCUT2D eigenvalue weighted by Gasteiger charge is 2.27. The normalized spacial score (nSPS) is 22.0. The number of halogens is 2. The topological polar surface area (TPSA) is 32.3 Å². The molecule has 0 amide bonds. The van der Waals surface area contributed by atoms with Gasteiger partial charge in [-0.2, -0.15) is 0 Å². The molecule has 0 spiro atoms. The van der Waals surface area contributed by atoms with Crippen LogP contribution < -0.4 is 5.32 Å². The molecule has 0 radical (unpaired) electrons. The molecule has 2 rings (SSSR count). The van der Waals surface area contributed by atoms with E-state index in [-0.39, 0.29) is 17.0 Å². The Morgan fingerprint density at radius 1 is 1.42 bits per heavy atom. The predicted octanol–water partition coefficient (Wildman–Crippen LogP) is 2.30. The van der Waals surface area contributed by atoms with Gasteiger partial charge in [-0.05, 0) is 51.8 Å². The molecule has 1 fully saturated rings. The van der Waals surface area contributed by atoms with Crippen LogP contribution in [0.5, 0.6) is 0 Å². The van der Waals surface area contributed by atoms with E-state index < -0.39 is 5.82 Å². The SMILES string of the molecule is CN(C)C.O=CC1NCCC1c1ccc(F)c(Cl)c1. The second kappa shape index (κ2) is 7.58. The number of rotatable bonds is 2. The fourth-order valence-corrected chi connectivity index (χ4v) is 2.18. The number of benzene rings is 1. The average molecular weight is 287 g/mol. The first-order valence-electron chi connectivity index (χ1n) is 6.20. The van der Waals surface area contributed by atoms with Crippen LogP contribution in [0.25, 0.3) is 0 Å². The molecular weight excluding hydrogens is 267 g/mol. The highest BCUT2D eigenvalue weighted by molar-refractivity contribution is 6.30. The van der Waals surface area contributed by atoms with Gasteiger partial charge >= 0.3 is 0 Å². The van der Waals surface area contributed by atoms with Gasteiger partial charge in [0.05, 0.1) is 11.1 Å². The minimum absolute atomic E-state index is 0.112. The van der Waals surface area contributed by atoms with Crippen LogP contribution in [-0.4, -0.2) is 44.9 Å². The summed E-state index contributed by atoms with van der Waals surface area (Å²) in [6, 6.07) is 4.46. The van der Waals surface area contributed by atoms with Crippen LogP contribution in [0.1, 0.15) is 17.9 Å². The minimum atomic E-state index is -0.422. The fourth-order valence-electron chi connectivity index (χ4n) is 1.99. The van der Waals surface area contributed by atoms with Gasteiger partial charge in [-0.15, -0.1) is 0 Å². The van der Waals surface area contributed by atoms with Gasteiger partial charge in [0.15, 0.2) is 0 Å². The van der Waals surface area contributed by atoms with Gasteiger partial charge in [0.1, 0.15) is 12.1 Å². The van der Waals surface area contributed by atoms with Crippen molar-refractivity contribution in [3.05, 3.63) is 34.6 Å². The van der Waals surface area contributed by atoms with Crippen LogP contribution in [0.4, 0.5) is 4.39 Å². The molecule has 0 aliphatic carbocycles. The molecule has 0 aromatic heterocycles. The number of hydrogen-bond acceptors (Lipinski definition) is 3. The number of nitrogens with one attached hydrogen (secondary N) is 1. The van der Waals surface area contributed by atoms with Crippen molar-refractivity contribution in [1.82, 2.24) is 10.2 Å². The van der Waals surface area contributed by atoms with Crippen LogP contribution in [0.15, 0.2) is 18.2 Å². The van der Waals surface area contributed by atoms with E-state index in [2.05, 4.69) is 5.32 Å². The van der Waals surface area contributed by atoms with Gasteiger partial charge in [-0.1, -0.05) is 17.7 Å². The standard InChI is InChI=1S/C11H11ClFNO.C3H9N/c12-9-5-7(1-2-10(9)13)8-3-4-14-11(8)6-15;1-4(2)3/h1-2,5-6,8,11,14H,3-4H2;1-3H3. The maximum Gasteiger partial charge on any atom is 0.141 e. The molecule has 5 heteroatoms. The minimum Gasteiger partial charge on any atom is -0.312 e. The Balaban J connectivity index is 0.000000399. The van der Waals surface area contributed by atoms with E-state index in [9.17, 15) is 9.18 Å². The summed E-state index contributed by atoms with van der Waals surface area (Å²) in [5.41, 5.74) is 0.920. The Hall–Kier alpha value is -0.970. The fraction of sp³-hybridized carbons (Fsp3) is 0.500. The lowest BCUT2D eigenvalue weighted by molar-refractivity contribution is -0.109. The lowest BCUT2D eigenvalue weighted by atomic mass is 9.93. The first-order valence-corrected chi connectivity index (χ1v) is 6.58. The zero-order valence-electron chi connectivity index (χ0n) is 11.5. The molecule has 106 valence electrons. The summed E-state index contributed by atoms with van der Waals surface area (Å²) in [5.74, 6) is -0.311. The molecule has 19 heavy (non-hydrogen) atoms. The van der Waals surface area contributed by atoms with E-state index in [4.69, 9.17) is 11.6 Å². The number of carbonyl (C=O) groups excluding carboxylic acids is 1. The van der Waals surface area contributed by atoms with E-state index in [0.29, 0.717) is 0 Å². The van der Waals surface area contributed by atoms with Gasteiger partial charge in [-0.25, -0.2) is 4.39 Å². The molecule has 1 N–H and O–H groups in total. The summed E-state index contributed by atoms with van der Waals surface area (Å²) in [5, 5.41) is 3.20. The van der Waals surface area contributed by atoms with E-state index in [1.807, 2.05) is 26.0 Å². The molecule has 2 atom stereocenters. The Labute approximate surface area is 118 Å². The summed E-state index contributed by atoms with van der Waals surface area (Å²) in [6.45, 7) is 0.809. The predicted molar refractivity (Wildman–Crippen MR) is 76.2 cm³/mol. The summed E-state index contributed by atoms with van der Waals surface area (Å²) >= 11 is 5.70. The third-order valence-electron chi connectivity index (χ3n) is 2.79. The van der Waals surface area contributed by atoms with Gasteiger partial charge in [0.25, 0.3) is 0 Å². The first-order chi connectivity index (χ1) is 8.95. The van der Waals surface area contributed by atoms with E-state index in [0.717, 1.165) is 24.8 Å². The lowest BCUT2D eigenvalue weighted by Crippen LogP contribution is -2.27. The second-order valence-corrected chi connectivity index (χ2v) is 5.43. The molecule has 1 aromatic carbocycles. The van der Waals surface area contributed by atoms with Gasteiger partial charge in [0, 0.05) is 5.92 Å². The van der Waals surface area contributed by atoms with Crippen LogP contribution in [-0.2, 0) is 4.79 Å². The number of carbonyl (C=O) groups is 1. The molecule has 1 aromatic rings. The Kier molecular flexibility index (Phi) is 6.42. The Morgan fingerprint density at radius 2 is 2.05 bits per heavy atom. The quantitative estimate of drug-likeness (QED) is 0.847. The zero-order valence-corrected chi connectivity index (χ0v) is 12.2. The third kappa shape index (κ3) is 4.90. The largest absolute Gasteiger partial charge is 0.312 e. The molecule has 0 saturated carbocycles. The molecule has 1 aliphatic heterocycles. The smallest absolute Gasteiger partial charge is 0.141 e. The molecule has 2 unspecified atom stereocenters. The van der Waals surface area contributed by atoms with Crippen molar-refractivity contribution in [3.8, 4) is 0 Å². The highest BCUT2D eigenvalue weighted by Crippen LogP contribution is 2.29. The van der Waals surface area contributed by atoms with Crippen molar-refractivity contribution in [2.45, 2.75) is 18.4 Å². The van der Waals surface area contributed by atoms with Gasteiger partial charge in [0.2, 0.25) is 0 Å². The van der Waals surface area contributed by atoms with Gasteiger partial charge in [-0.3, -0.25) is 0 Å². The number of nitrogens with zero attached hydrogens (tertiary/aromatic N) is 1. The van der Waals surface area contributed by atoms with Gasteiger partial charge < -0.3 is 15.0 Å². The molecule has 3 nitrogen and oxygen atoms in total. The molecule has 1 saturated heterocycles. The Morgan fingerprint density at radius 3 is 2.58 bits per heavy atom. The van der Waals surface area contributed by atoms with E-state index in [1.54, 1.807) is 12.1 Å². The first kappa shape index (κ1) is 16.1. The molecular formula is C14H20ClFN2O. The number of aldehydes is 1. The summed E-state index contributed by atoms with van der Waals surface area (Å²) in [6.07, 6.45) is 1.78. The van der Waals surface area contributed by atoms with E-state index in [1.165, 1.54) is 6.07 Å². The van der Waals surface area contributed by atoms with Crippen LogP contribution in [0.2, 0.25) is 5.02 Å². The van der Waals surface area contributed by atoms with Crippen molar-refractivity contribution >= 4 is 17.9 Å². The zero-order chi connectivity index (χ0) is 14.4. The molecule has 0 bridgehead atoms. The monoisotopic (exact) mass is 286 g/mol. The van der Waals surface area contributed by atoms with Crippen molar-refractivity contribution in [2.75, 3.05) is 27.7 Å². The number of hydrogen-bond donors (Lipinski definition) is 1. The summed E-state index contributed by atoms with van der Waals surface area (Å²) < 4.78 is 12.9. The second-order valence-electron chi connectivity index (χ2n) is 5.03. The molecule has 1 heterocycles. The van der Waals surface area contributed by atoms with Crippen molar-refractivity contribution in [2.24, 2.45) is 0 Å². The van der Waals surface area contributed by atoms with Crippen molar-refractivity contribution in [1.29, 1.82) is 0 Å². The lowest BCUT2D eigenvalue weighted by Gasteiger charge is -2.14. The molecule has 1 aliphatic rings. The highest BCUT2D eigenvalue weighted by atomic mass is 35.5. The summed E-state index contributed by atoms with van der Waals surface area (Å²) in [4.78, 5) is 12.8. The average Bonchev–Trinajstić information content (AvgIpc) is 2.80. The van der Waals surface area contributed by atoms with Crippen LogP contribution >= 0.6 is 11.6 Å². The summed E-state index contributed by atoms with van der Waals surface area (Å²) in [7, 11) is 6.00. The third-order valence-corrected chi connectivity index (χ3v) is 3.08. The maximum atomic E-state index is 12.9.